The molecule has 132 valence electrons. The number of fused-ring (bicyclic) bond motifs is 2. The maximum absolute atomic E-state index is 4.89. The fourth-order valence-corrected chi connectivity index (χ4v) is 3.56. The number of nitrogens with one attached hydrogen (secondary N) is 1. The lowest BCUT2D eigenvalue weighted by atomic mass is 10.1. The number of likely N-dealkylation sites (N-methyl/N-ethyl adjacent to an activating group) is 1. The quantitative estimate of drug-likeness (QED) is 0.603. The molecule has 1 aliphatic rings. The van der Waals surface area contributed by atoms with Gasteiger partial charge in [-0.25, -0.2) is 9.50 Å². The topological polar surface area (TPSA) is 65.4 Å². The van der Waals surface area contributed by atoms with E-state index in [9.17, 15) is 0 Å². The molecule has 0 saturated carbocycles. The Kier molecular flexibility index (Phi) is 3.43. The van der Waals surface area contributed by atoms with Gasteiger partial charge in [0.15, 0.2) is 5.65 Å². The highest BCUT2D eigenvalue weighted by Crippen LogP contribution is 2.26. The van der Waals surface area contributed by atoms with E-state index in [2.05, 4.69) is 50.2 Å². The van der Waals surface area contributed by atoms with Crippen LogP contribution in [0.2, 0.25) is 0 Å². The maximum Gasteiger partial charge on any atom is 0.154 e. The van der Waals surface area contributed by atoms with Crippen LogP contribution in [0.1, 0.15) is 5.69 Å². The van der Waals surface area contributed by atoms with Gasteiger partial charge in [-0.2, -0.15) is 5.10 Å². The summed E-state index contributed by atoms with van der Waals surface area (Å²) in [6, 6.07) is 10.4. The smallest absolute Gasteiger partial charge is 0.154 e. The van der Waals surface area contributed by atoms with Crippen LogP contribution in [0.25, 0.3) is 27.8 Å². The average molecular weight is 347 g/mol. The molecule has 4 heterocycles. The van der Waals surface area contributed by atoms with Gasteiger partial charge in [-0.3, -0.25) is 5.10 Å². The molecule has 7 heteroatoms. The molecule has 1 aliphatic heterocycles. The lowest BCUT2D eigenvalue weighted by molar-refractivity contribution is 0.311. The number of hydrogen-bond donors (Lipinski definition) is 1. The number of aromatic nitrogens is 5. The largest absolute Gasteiger partial charge is 0.353 e. The Morgan fingerprint density at radius 1 is 1.04 bits per heavy atom. The Labute approximate surface area is 151 Å². The molecule has 1 fully saturated rings. The van der Waals surface area contributed by atoms with Crippen molar-refractivity contribution in [2.45, 2.75) is 6.92 Å². The number of piperazine rings is 1. The molecule has 4 aromatic rings. The zero-order chi connectivity index (χ0) is 17.7. The SMILES string of the molecule is Cc1[nH]nc2ccc(-c3cnc4ccc(N5CCN(C)CC5)nn34)cc12. The third-order valence-electron chi connectivity index (χ3n) is 5.22. The van der Waals surface area contributed by atoms with E-state index < -0.39 is 0 Å². The summed E-state index contributed by atoms with van der Waals surface area (Å²) < 4.78 is 1.95. The van der Waals surface area contributed by atoms with Crippen molar-refractivity contribution in [3.8, 4) is 11.3 Å². The summed E-state index contributed by atoms with van der Waals surface area (Å²) in [7, 11) is 2.16. The van der Waals surface area contributed by atoms with Crippen molar-refractivity contribution < 1.29 is 0 Å². The third-order valence-corrected chi connectivity index (χ3v) is 5.22. The molecule has 26 heavy (non-hydrogen) atoms. The first kappa shape index (κ1) is 15.3. The van der Waals surface area contributed by atoms with Crippen LogP contribution in [0.4, 0.5) is 5.82 Å². The number of hydrogen-bond acceptors (Lipinski definition) is 5. The van der Waals surface area contributed by atoms with Crippen LogP contribution in [0.15, 0.2) is 36.5 Å². The van der Waals surface area contributed by atoms with Gasteiger partial charge in [0.2, 0.25) is 0 Å². The molecule has 3 aromatic heterocycles. The first-order valence-corrected chi connectivity index (χ1v) is 8.92. The third kappa shape index (κ3) is 2.43. The second-order valence-electron chi connectivity index (χ2n) is 6.98. The van der Waals surface area contributed by atoms with Crippen molar-refractivity contribution in [2.75, 3.05) is 38.1 Å². The van der Waals surface area contributed by atoms with Gasteiger partial charge in [0, 0.05) is 42.8 Å². The molecule has 1 aromatic carbocycles. The molecule has 0 radical (unpaired) electrons. The molecule has 0 atom stereocenters. The summed E-state index contributed by atoms with van der Waals surface area (Å²) in [5.41, 5.74) is 5.01. The van der Waals surface area contributed by atoms with Crippen LogP contribution in [-0.2, 0) is 0 Å². The Morgan fingerprint density at radius 3 is 2.73 bits per heavy atom. The van der Waals surface area contributed by atoms with Crippen molar-refractivity contribution in [3.05, 3.63) is 42.2 Å². The van der Waals surface area contributed by atoms with Gasteiger partial charge in [-0.1, -0.05) is 6.07 Å². The number of aromatic amines is 1. The number of rotatable bonds is 2. The Bertz CT molecular complexity index is 1090. The molecule has 1 N–H and O–H groups in total. The maximum atomic E-state index is 4.89. The predicted octanol–water partition coefficient (Wildman–Crippen LogP) is 2.33. The van der Waals surface area contributed by atoms with E-state index in [0.29, 0.717) is 0 Å². The van der Waals surface area contributed by atoms with E-state index in [1.165, 1.54) is 0 Å². The van der Waals surface area contributed by atoms with E-state index in [1.54, 1.807) is 0 Å². The zero-order valence-electron chi connectivity index (χ0n) is 15.0. The molecule has 5 rings (SSSR count). The zero-order valence-corrected chi connectivity index (χ0v) is 15.0. The van der Waals surface area contributed by atoms with Crippen molar-refractivity contribution >= 4 is 22.4 Å². The summed E-state index contributed by atoms with van der Waals surface area (Å²) in [5, 5.41) is 13.4. The fraction of sp³-hybridized carbons (Fsp3) is 0.316. The molecule has 7 nitrogen and oxygen atoms in total. The summed E-state index contributed by atoms with van der Waals surface area (Å²) in [5.74, 6) is 1.01. The number of H-pyrrole nitrogens is 1. The Hall–Kier alpha value is -2.93. The molecular weight excluding hydrogens is 326 g/mol. The molecule has 1 saturated heterocycles. The van der Waals surface area contributed by atoms with Gasteiger partial charge in [0.25, 0.3) is 0 Å². The first-order chi connectivity index (χ1) is 12.7. The molecule has 0 spiro atoms. The number of anilines is 1. The molecule has 0 aliphatic carbocycles. The van der Waals surface area contributed by atoms with Crippen LogP contribution < -0.4 is 4.90 Å². The van der Waals surface area contributed by atoms with Gasteiger partial charge in [-0.05, 0) is 38.2 Å². The number of nitrogens with zero attached hydrogens (tertiary/aromatic N) is 6. The summed E-state index contributed by atoms with van der Waals surface area (Å²) in [6.45, 7) is 6.16. The summed E-state index contributed by atoms with van der Waals surface area (Å²) in [4.78, 5) is 9.22. The van der Waals surface area contributed by atoms with Crippen molar-refractivity contribution in [3.63, 3.8) is 0 Å². The van der Waals surface area contributed by atoms with Gasteiger partial charge < -0.3 is 9.80 Å². The normalized spacial score (nSPS) is 16.0. The lowest BCUT2D eigenvalue weighted by Gasteiger charge is -2.33. The van der Waals surface area contributed by atoms with Crippen molar-refractivity contribution in [2.24, 2.45) is 0 Å². The summed E-state index contributed by atoms with van der Waals surface area (Å²) in [6.07, 6.45) is 1.90. The lowest BCUT2D eigenvalue weighted by Crippen LogP contribution is -2.44. The highest BCUT2D eigenvalue weighted by molar-refractivity contribution is 5.86. The minimum Gasteiger partial charge on any atom is -0.353 e. The van der Waals surface area contributed by atoms with Crippen LogP contribution in [0, 0.1) is 6.92 Å². The minimum absolute atomic E-state index is 0.863. The van der Waals surface area contributed by atoms with E-state index in [0.717, 1.165) is 65.5 Å². The van der Waals surface area contributed by atoms with E-state index in [4.69, 9.17) is 5.10 Å². The number of aryl methyl sites for hydroxylation is 1. The Balaban J connectivity index is 1.58. The molecule has 0 amide bonds. The highest BCUT2D eigenvalue weighted by atomic mass is 15.4. The van der Waals surface area contributed by atoms with Crippen molar-refractivity contribution in [1.82, 2.24) is 29.7 Å². The molecule has 0 bridgehead atoms. The van der Waals surface area contributed by atoms with Gasteiger partial charge in [0.1, 0.15) is 5.82 Å². The van der Waals surface area contributed by atoms with Gasteiger partial charge in [-0.15, -0.1) is 5.10 Å². The van der Waals surface area contributed by atoms with E-state index >= 15 is 0 Å². The minimum atomic E-state index is 0.863. The average Bonchev–Trinajstić information content (AvgIpc) is 3.25. The standard InChI is InChI=1S/C19H21N7/c1-13-15-11-14(3-4-16(15)22-21-13)17-12-20-18-5-6-19(23-26(17)18)25-9-7-24(2)8-10-25/h3-6,11-12H,7-10H2,1-2H3,(H,21,22). The second kappa shape index (κ2) is 5.81. The van der Waals surface area contributed by atoms with Crippen LogP contribution >= 0.6 is 0 Å². The van der Waals surface area contributed by atoms with Gasteiger partial charge in [0.05, 0.1) is 17.4 Å². The highest BCUT2D eigenvalue weighted by Gasteiger charge is 2.17. The van der Waals surface area contributed by atoms with Crippen LogP contribution in [0.5, 0.6) is 0 Å². The van der Waals surface area contributed by atoms with E-state index in [-0.39, 0.29) is 0 Å². The summed E-state index contributed by atoms with van der Waals surface area (Å²) >= 11 is 0. The first-order valence-electron chi connectivity index (χ1n) is 8.92. The molecular formula is C19H21N7. The number of imidazole rings is 1. The fourth-order valence-electron chi connectivity index (χ4n) is 3.56. The van der Waals surface area contributed by atoms with E-state index in [1.807, 2.05) is 29.8 Å². The van der Waals surface area contributed by atoms with Crippen LogP contribution in [-0.4, -0.2) is 62.9 Å². The number of benzene rings is 1. The molecule has 0 unspecified atom stereocenters. The monoisotopic (exact) mass is 347 g/mol. The van der Waals surface area contributed by atoms with Crippen molar-refractivity contribution in [1.29, 1.82) is 0 Å². The van der Waals surface area contributed by atoms with Crippen LogP contribution in [0.3, 0.4) is 0 Å². The predicted molar refractivity (Wildman–Crippen MR) is 103 cm³/mol. The second-order valence-corrected chi connectivity index (χ2v) is 6.98. The van der Waals surface area contributed by atoms with Gasteiger partial charge >= 0.3 is 0 Å². The Morgan fingerprint density at radius 2 is 1.88 bits per heavy atom.